The number of hydrogen-bond donors (Lipinski definition) is 4. The molecule has 52 heavy (non-hydrogen) atoms. The largest absolute Gasteiger partial charge is 0.361 e. The summed E-state index contributed by atoms with van der Waals surface area (Å²) >= 11 is 9.04. The van der Waals surface area contributed by atoms with E-state index in [4.69, 9.17) is 11.6 Å². The van der Waals surface area contributed by atoms with Crippen LogP contribution in [0, 0.1) is 0 Å². The van der Waals surface area contributed by atoms with E-state index >= 15 is 0 Å². The summed E-state index contributed by atoms with van der Waals surface area (Å²) < 4.78 is 0. The Hall–Kier alpha value is -5.94. The van der Waals surface area contributed by atoms with E-state index in [0.29, 0.717) is 27.1 Å². The number of fused-ring (bicyclic) bond motifs is 1. The number of halogens is 1. The molecule has 2 aromatic heterocycles. The molecule has 0 bridgehead atoms. The number of aromatic nitrogens is 2. The van der Waals surface area contributed by atoms with Gasteiger partial charge in [0.2, 0.25) is 5.91 Å². The lowest BCUT2D eigenvalue weighted by Gasteiger charge is -2.17. The van der Waals surface area contributed by atoms with Gasteiger partial charge in [0.15, 0.2) is 5.13 Å². The van der Waals surface area contributed by atoms with Gasteiger partial charge in [-0.3, -0.25) is 14.4 Å². The summed E-state index contributed by atoms with van der Waals surface area (Å²) in [5, 5.41) is 11.9. The lowest BCUT2D eigenvalue weighted by Crippen LogP contribution is -2.30. The van der Waals surface area contributed by atoms with Gasteiger partial charge in [0.25, 0.3) is 11.8 Å². The van der Waals surface area contributed by atoms with Crippen LogP contribution in [0.1, 0.15) is 26.7 Å². The van der Waals surface area contributed by atoms with Crippen LogP contribution in [-0.2, 0) is 9.59 Å². The Bertz CT molecular complexity index is 2410. The minimum atomic E-state index is -0.637. The predicted octanol–water partition coefficient (Wildman–Crippen LogP) is 9.83. The molecule has 1 atom stereocenters. The molecule has 0 aliphatic carbocycles. The number of aromatic amines is 1. The lowest BCUT2D eigenvalue weighted by molar-refractivity contribution is -0.116. The number of anilines is 2. The van der Waals surface area contributed by atoms with Crippen LogP contribution in [0.25, 0.3) is 28.2 Å². The van der Waals surface area contributed by atoms with E-state index in [9.17, 15) is 14.4 Å². The van der Waals surface area contributed by atoms with Crippen LogP contribution in [0.4, 0.5) is 10.8 Å². The monoisotopic (exact) mass is 739 g/mol. The van der Waals surface area contributed by atoms with Crippen LogP contribution >= 0.6 is 34.7 Å². The van der Waals surface area contributed by atoms with Gasteiger partial charge in [-0.2, -0.15) is 0 Å². The Morgan fingerprint density at radius 3 is 2.35 bits per heavy atom. The Kier molecular flexibility index (Phi) is 10.6. The number of hydrogen-bond acceptors (Lipinski definition) is 6. The van der Waals surface area contributed by atoms with Crippen molar-refractivity contribution in [3.05, 3.63) is 172 Å². The molecule has 0 saturated heterocycles. The molecule has 11 heteroatoms. The Morgan fingerprint density at radius 2 is 1.54 bits per heavy atom. The topological polar surface area (TPSA) is 116 Å². The summed E-state index contributed by atoms with van der Waals surface area (Å²) in [4.78, 5) is 49.5. The molecule has 0 aliphatic rings. The summed E-state index contributed by atoms with van der Waals surface area (Å²) in [6, 6.07) is 40.6. The number of carbonyl (C=O) groups excluding carboxylic acids is 3. The lowest BCUT2D eigenvalue weighted by atomic mass is 10.1. The summed E-state index contributed by atoms with van der Waals surface area (Å²) in [6.07, 6.45) is 3.45. The van der Waals surface area contributed by atoms with Crippen molar-refractivity contribution in [1.82, 2.24) is 15.3 Å². The number of amides is 3. The van der Waals surface area contributed by atoms with Crippen molar-refractivity contribution < 1.29 is 14.4 Å². The van der Waals surface area contributed by atoms with Crippen molar-refractivity contribution in [2.24, 2.45) is 0 Å². The van der Waals surface area contributed by atoms with Crippen molar-refractivity contribution in [3.8, 4) is 11.3 Å². The minimum Gasteiger partial charge on any atom is -0.361 e. The van der Waals surface area contributed by atoms with E-state index < -0.39 is 17.1 Å². The number of para-hydroxylation sites is 1. The molecular weight excluding hydrogens is 710 g/mol. The van der Waals surface area contributed by atoms with Crippen molar-refractivity contribution >= 4 is 80.2 Å². The second-order valence-electron chi connectivity index (χ2n) is 11.6. The average molecular weight is 740 g/mol. The SMILES string of the molecule is O=C(Nc1cccc(SC(C(=O)Nc2nc(-c3ccccc3Cl)cs2)c2ccccc2)c1)/C(=C/c1c[nH]c2ccccc12)NC(=O)c1ccccc1. The predicted molar refractivity (Wildman–Crippen MR) is 211 cm³/mol. The molecular formula is C41H30ClN5O3S2. The molecule has 0 saturated carbocycles. The van der Waals surface area contributed by atoms with E-state index in [1.807, 2.05) is 90.3 Å². The molecule has 0 spiro atoms. The molecule has 3 amide bonds. The zero-order chi connectivity index (χ0) is 35.9. The van der Waals surface area contributed by atoms with Crippen LogP contribution in [0.3, 0.4) is 0 Å². The highest BCUT2D eigenvalue weighted by Crippen LogP contribution is 2.38. The number of carbonyl (C=O) groups is 3. The third kappa shape index (κ3) is 8.16. The zero-order valence-corrected chi connectivity index (χ0v) is 29.8. The van der Waals surface area contributed by atoms with Crippen LogP contribution in [-0.4, -0.2) is 27.7 Å². The van der Waals surface area contributed by atoms with E-state index in [1.54, 1.807) is 60.8 Å². The van der Waals surface area contributed by atoms with Crippen LogP contribution in [0.5, 0.6) is 0 Å². The van der Waals surface area contributed by atoms with Crippen molar-refractivity contribution in [2.75, 3.05) is 10.6 Å². The molecule has 7 aromatic rings. The van der Waals surface area contributed by atoms with Gasteiger partial charge in [-0.15, -0.1) is 23.1 Å². The third-order valence-corrected chi connectivity index (χ3v) is 10.4. The number of rotatable bonds is 11. The standard InChI is InChI=1S/C41H30ClN5O3S2/c42-33-20-9-7-19-32(33)36-25-51-41(46-36)47-40(50)37(26-12-3-1-4-13-26)52-30-17-11-16-29(23-30)44-39(49)35(45-38(48)27-14-5-2-6-15-27)22-28-24-43-34-21-10-8-18-31(28)34/h1-25,37,43H,(H,44,49)(H,45,48)(H,46,47,50)/b35-22-. The van der Waals surface area contributed by atoms with Gasteiger partial charge in [0.1, 0.15) is 10.9 Å². The average Bonchev–Trinajstić information content (AvgIpc) is 3.81. The highest BCUT2D eigenvalue weighted by atomic mass is 35.5. The van der Waals surface area contributed by atoms with E-state index in [2.05, 4.69) is 25.9 Å². The smallest absolute Gasteiger partial charge is 0.272 e. The number of thiazole rings is 1. The number of nitrogens with zero attached hydrogens (tertiary/aromatic N) is 1. The molecule has 8 nitrogen and oxygen atoms in total. The first-order chi connectivity index (χ1) is 25.4. The fraction of sp³-hybridized carbons (Fsp3) is 0.0244. The Balaban J connectivity index is 1.12. The molecule has 7 rings (SSSR count). The van der Waals surface area contributed by atoms with Crippen molar-refractivity contribution in [1.29, 1.82) is 0 Å². The summed E-state index contributed by atoms with van der Waals surface area (Å²) in [6.45, 7) is 0. The number of thioether (sulfide) groups is 1. The van der Waals surface area contributed by atoms with Gasteiger partial charge in [-0.25, -0.2) is 4.98 Å². The van der Waals surface area contributed by atoms with Gasteiger partial charge in [-0.05, 0) is 54.1 Å². The minimum absolute atomic E-state index is 0.0674. The van der Waals surface area contributed by atoms with Gasteiger partial charge in [0, 0.05) is 54.8 Å². The number of benzene rings is 5. The zero-order valence-electron chi connectivity index (χ0n) is 27.4. The number of H-pyrrole nitrogens is 1. The number of nitrogens with one attached hydrogen (secondary N) is 4. The molecule has 256 valence electrons. The second-order valence-corrected chi connectivity index (χ2v) is 14.0. The first kappa shape index (κ1) is 34.5. The molecule has 4 N–H and O–H groups in total. The molecule has 0 radical (unpaired) electrons. The molecule has 1 unspecified atom stereocenters. The molecule has 0 aliphatic heterocycles. The van der Waals surface area contributed by atoms with Crippen molar-refractivity contribution in [2.45, 2.75) is 10.1 Å². The normalized spacial score (nSPS) is 11.9. The van der Waals surface area contributed by atoms with Gasteiger partial charge < -0.3 is 20.9 Å². The maximum Gasteiger partial charge on any atom is 0.272 e. The fourth-order valence-corrected chi connectivity index (χ4v) is 7.52. The summed E-state index contributed by atoms with van der Waals surface area (Å²) in [5.74, 6) is -1.17. The van der Waals surface area contributed by atoms with Gasteiger partial charge >= 0.3 is 0 Å². The maximum absolute atomic E-state index is 13.8. The van der Waals surface area contributed by atoms with E-state index in [1.165, 1.54) is 23.1 Å². The van der Waals surface area contributed by atoms with Crippen molar-refractivity contribution in [3.63, 3.8) is 0 Å². The van der Waals surface area contributed by atoms with Crippen LogP contribution in [0.15, 0.2) is 156 Å². The maximum atomic E-state index is 13.8. The van der Waals surface area contributed by atoms with Gasteiger partial charge in [0.05, 0.1) is 5.69 Å². The highest BCUT2D eigenvalue weighted by Gasteiger charge is 2.24. The first-order valence-electron chi connectivity index (χ1n) is 16.2. The van der Waals surface area contributed by atoms with Gasteiger partial charge in [-0.1, -0.05) is 103 Å². The molecule has 2 heterocycles. The molecule has 0 fully saturated rings. The third-order valence-electron chi connectivity index (χ3n) is 8.02. The summed E-state index contributed by atoms with van der Waals surface area (Å²) in [5.41, 5.74) is 4.89. The van der Waals surface area contributed by atoms with Crippen LogP contribution < -0.4 is 16.0 Å². The van der Waals surface area contributed by atoms with E-state index in [0.717, 1.165) is 32.5 Å². The fourth-order valence-electron chi connectivity index (χ4n) is 5.49. The Morgan fingerprint density at radius 1 is 0.808 bits per heavy atom. The first-order valence-corrected chi connectivity index (χ1v) is 18.3. The second kappa shape index (κ2) is 15.9. The van der Waals surface area contributed by atoms with E-state index in [-0.39, 0.29) is 11.6 Å². The summed E-state index contributed by atoms with van der Waals surface area (Å²) in [7, 11) is 0. The quantitative estimate of drug-likeness (QED) is 0.0779. The highest BCUT2D eigenvalue weighted by molar-refractivity contribution is 8.00. The molecule has 5 aromatic carbocycles. The van der Waals surface area contributed by atoms with Crippen LogP contribution in [0.2, 0.25) is 5.02 Å². The Labute approximate surface area is 313 Å².